The van der Waals surface area contributed by atoms with Gasteiger partial charge in [0.1, 0.15) is 0 Å². The third-order valence-electron chi connectivity index (χ3n) is 3.96. The van der Waals surface area contributed by atoms with E-state index < -0.39 is 6.09 Å². The molecule has 5 heteroatoms. The molecule has 2 aliphatic rings. The number of nitrogen functional groups attached to an aromatic ring is 1. The lowest BCUT2D eigenvalue weighted by Gasteiger charge is -2.44. The molecular weight excluding hydrogens is 230 g/mol. The van der Waals surface area contributed by atoms with Crippen molar-refractivity contribution in [1.29, 1.82) is 0 Å². The molecule has 1 saturated heterocycles. The summed E-state index contributed by atoms with van der Waals surface area (Å²) in [6.45, 7) is 2.98. The average Bonchev–Trinajstić information content (AvgIpc) is 2.37. The Hall–Kier alpha value is -1.75. The smallest absolute Gasteiger partial charge is 0.407 e. The van der Waals surface area contributed by atoms with Crippen LogP contribution in [0.3, 0.4) is 0 Å². The molecule has 3 N–H and O–H groups in total. The van der Waals surface area contributed by atoms with Gasteiger partial charge in [-0.3, -0.25) is 4.90 Å². The molecule has 0 saturated carbocycles. The highest BCUT2D eigenvalue weighted by Crippen LogP contribution is 2.33. The maximum atomic E-state index is 11.1. The number of carbonyl (C=O) groups is 1. The van der Waals surface area contributed by atoms with E-state index >= 15 is 0 Å². The summed E-state index contributed by atoms with van der Waals surface area (Å²) in [7, 11) is 0. The topological polar surface area (TPSA) is 69.8 Å². The van der Waals surface area contributed by atoms with Gasteiger partial charge in [0.15, 0.2) is 0 Å². The Morgan fingerprint density at radius 3 is 2.94 bits per heavy atom. The standard InChI is InChI=1S/C13H17N3O2/c14-10-1-2-11-9(7-10)3-4-15-5-6-16(13(17)18)8-12(11)15/h1-2,7,12H,3-6,8,14H2,(H,17,18)/t12-/m0/s1. The van der Waals surface area contributed by atoms with Gasteiger partial charge in [-0.05, 0) is 29.7 Å². The van der Waals surface area contributed by atoms with E-state index in [1.165, 1.54) is 16.0 Å². The number of nitrogens with two attached hydrogens (primary N) is 1. The monoisotopic (exact) mass is 247 g/mol. The van der Waals surface area contributed by atoms with Crippen molar-refractivity contribution in [3.05, 3.63) is 29.3 Å². The lowest BCUT2D eigenvalue weighted by atomic mass is 9.90. The molecule has 3 rings (SSSR count). The first-order valence-corrected chi connectivity index (χ1v) is 6.25. The summed E-state index contributed by atoms with van der Waals surface area (Å²) >= 11 is 0. The Labute approximate surface area is 106 Å². The second-order valence-corrected chi connectivity index (χ2v) is 4.99. The van der Waals surface area contributed by atoms with Crippen molar-refractivity contribution in [2.24, 2.45) is 0 Å². The molecule has 0 bridgehead atoms. The van der Waals surface area contributed by atoms with E-state index in [9.17, 15) is 4.79 Å². The fourth-order valence-corrected chi connectivity index (χ4v) is 2.99. The number of anilines is 1. The van der Waals surface area contributed by atoms with Gasteiger partial charge in [-0.25, -0.2) is 4.79 Å². The quantitative estimate of drug-likeness (QED) is 0.675. The van der Waals surface area contributed by atoms with Crippen LogP contribution in [0.4, 0.5) is 10.5 Å². The molecule has 96 valence electrons. The minimum Gasteiger partial charge on any atom is -0.465 e. The summed E-state index contributed by atoms with van der Waals surface area (Å²) in [6, 6.07) is 6.17. The number of amides is 1. The predicted molar refractivity (Wildman–Crippen MR) is 68.5 cm³/mol. The third-order valence-corrected chi connectivity index (χ3v) is 3.96. The molecule has 1 fully saturated rings. The van der Waals surface area contributed by atoms with Crippen molar-refractivity contribution >= 4 is 11.8 Å². The normalized spacial score (nSPS) is 23.3. The van der Waals surface area contributed by atoms with Crippen LogP contribution in [0.5, 0.6) is 0 Å². The van der Waals surface area contributed by atoms with Gasteiger partial charge >= 0.3 is 6.09 Å². The van der Waals surface area contributed by atoms with Gasteiger partial charge in [0.05, 0.1) is 6.04 Å². The molecule has 1 aromatic rings. The highest BCUT2D eigenvalue weighted by atomic mass is 16.4. The van der Waals surface area contributed by atoms with Gasteiger partial charge in [-0.1, -0.05) is 6.07 Å². The van der Waals surface area contributed by atoms with Crippen LogP contribution in [0.25, 0.3) is 0 Å². The van der Waals surface area contributed by atoms with Crippen molar-refractivity contribution < 1.29 is 9.90 Å². The van der Waals surface area contributed by atoms with Crippen LogP contribution in [0.2, 0.25) is 0 Å². The first-order chi connectivity index (χ1) is 8.65. The molecule has 0 aromatic heterocycles. The summed E-state index contributed by atoms with van der Waals surface area (Å²) in [6.07, 6.45) is 0.182. The van der Waals surface area contributed by atoms with Crippen molar-refractivity contribution in [1.82, 2.24) is 9.80 Å². The van der Waals surface area contributed by atoms with Crippen LogP contribution >= 0.6 is 0 Å². The molecule has 2 aliphatic heterocycles. The van der Waals surface area contributed by atoms with Crippen LogP contribution in [0, 0.1) is 0 Å². The van der Waals surface area contributed by atoms with Crippen molar-refractivity contribution in [2.45, 2.75) is 12.5 Å². The number of fused-ring (bicyclic) bond motifs is 3. The number of hydrogen-bond acceptors (Lipinski definition) is 3. The summed E-state index contributed by atoms with van der Waals surface area (Å²) in [5.41, 5.74) is 9.10. The molecule has 1 aromatic carbocycles. The zero-order valence-electron chi connectivity index (χ0n) is 10.2. The Bertz CT molecular complexity index is 489. The minimum atomic E-state index is -0.822. The third kappa shape index (κ3) is 1.80. The number of piperazine rings is 1. The average molecular weight is 247 g/mol. The van der Waals surface area contributed by atoms with Crippen LogP contribution < -0.4 is 5.73 Å². The van der Waals surface area contributed by atoms with Gasteiger partial charge in [-0.15, -0.1) is 0 Å². The van der Waals surface area contributed by atoms with Gasteiger partial charge in [-0.2, -0.15) is 0 Å². The lowest BCUT2D eigenvalue weighted by molar-refractivity contribution is 0.0634. The van der Waals surface area contributed by atoms with Gasteiger partial charge in [0.25, 0.3) is 0 Å². The zero-order chi connectivity index (χ0) is 12.7. The number of hydrogen-bond donors (Lipinski definition) is 2. The minimum absolute atomic E-state index is 0.194. The second-order valence-electron chi connectivity index (χ2n) is 4.99. The number of rotatable bonds is 0. The molecule has 0 radical (unpaired) electrons. The van der Waals surface area contributed by atoms with Gasteiger partial charge < -0.3 is 15.7 Å². The zero-order valence-corrected chi connectivity index (χ0v) is 10.2. The molecule has 2 heterocycles. The van der Waals surface area contributed by atoms with E-state index in [1.807, 2.05) is 18.2 Å². The van der Waals surface area contributed by atoms with Crippen LogP contribution in [-0.2, 0) is 6.42 Å². The Morgan fingerprint density at radius 1 is 1.33 bits per heavy atom. The molecule has 5 nitrogen and oxygen atoms in total. The van der Waals surface area contributed by atoms with E-state index in [1.54, 1.807) is 0 Å². The van der Waals surface area contributed by atoms with E-state index in [4.69, 9.17) is 10.8 Å². The second kappa shape index (κ2) is 4.17. The van der Waals surface area contributed by atoms with Crippen LogP contribution in [-0.4, -0.2) is 47.2 Å². The van der Waals surface area contributed by atoms with Crippen LogP contribution in [0.1, 0.15) is 17.2 Å². The summed E-state index contributed by atoms with van der Waals surface area (Å²) < 4.78 is 0. The summed E-state index contributed by atoms with van der Waals surface area (Å²) in [4.78, 5) is 15.0. The molecular formula is C13H17N3O2. The van der Waals surface area contributed by atoms with Crippen LogP contribution in [0.15, 0.2) is 18.2 Å². The Kier molecular flexibility index (Phi) is 2.63. The summed E-state index contributed by atoms with van der Waals surface area (Å²) in [5.74, 6) is 0. The highest BCUT2D eigenvalue weighted by Gasteiger charge is 2.34. The number of nitrogens with zero attached hydrogens (tertiary/aromatic N) is 2. The number of benzene rings is 1. The molecule has 18 heavy (non-hydrogen) atoms. The fraction of sp³-hybridized carbons (Fsp3) is 0.462. The lowest BCUT2D eigenvalue weighted by Crippen LogP contribution is -2.52. The maximum absolute atomic E-state index is 11.1. The van der Waals surface area contributed by atoms with E-state index in [2.05, 4.69) is 4.90 Å². The SMILES string of the molecule is Nc1ccc2c(c1)CCN1CCN(C(=O)O)C[C@@H]21. The van der Waals surface area contributed by atoms with Crippen molar-refractivity contribution in [3.63, 3.8) is 0 Å². The van der Waals surface area contributed by atoms with E-state index in [0.717, 1.165) is 25.2 Å². The number of carboxylic acid groups (broad SMARTS) is 1. The van der Waals surface area contributed by atoms with E-state index in [-0.39, 0.29) is 6.04 Å². The molecule has 1 atom stereocenters. The molecule has 0 aliphatic carbocycles. The van der Waals surface area contributed by atoms with Crippen molar-refractivity contribution in [2.75, 3.05) is 31.9 Å². The molecule has 0 spiro atoms. The van der Waals surface area contributed by atoms with E-state index in [0.29, 0.717) is 13.1 Å². The predicted octanol–water partition coefficient (Wildman–Crippen LogP) is 1.16. The molecule has 1 amide bonds. The van der Waals surface area contributed by atoms with Gasteiger partial charge in [0, 0.05) is 31.9 Å². The first kappa shape index (κ1) is 11.3. The Balaban J connectivity index is 1.92. The first-order valence-electron chi connectivity index (χ1n) is 6.25. The largest absolute Gasteiger partial charge is 0.465 e. The summed E-state index contributed by atoms with van der Waals surface area (Å²) in [5, 5.41) is 9.11. The fourth-order valence-electron chi connectivity index (χ4n) is 2.99. The van der Waals surface area contributed by atoms with Crippen molar-refractivity contribution in [3.8, 4) is 0 Å². The molecule has 0 unspecified atom stereocenters. The Morgan fingerprint density at radius 2 is 2.17 bits per heavy atom. The maximum Gasteiger partial charge on any atom is 0.407 e. The highest BCUT2D eigenvalue weighted by molar-refractivity contribution is 5.65. The van der Waals surface area contributed by atoms with Gasteiger partial charge in [0.2, 0.25) is 0 Å².